The number of anilines is 1. The van der Waals surface area contributed by atoms with Gasteiger partial charge in [0, 0.05) is 13.1 Å². The molecule has 90 valence electrons. The molecule has 17 heavy (non-hydrogen) atoms. The van der Waals surface area contributed by atoms with E-state index in [-0.39, 0.29) is 5.82 Å². The Kier molecular flexibility index (Phi) is 3.39. The van der Waals surface area contributed by atoms with E-state index in [4.69, 9.17) is 5.73 Å². The van der Waals surface area contributed by atoms with Crippen LogP contribution in [0.15, 0.2) is 30.5 Å². The van der Waals surface area contributed by atoms with Crippen molar-refractivity contribution in [1.29, 1.82) is 0 Å². The molecule has 1 aromatic carbocycles. The molecular formula is C12H15FN4. The molecule has 0 spiro atoms. The number of nitrogens with zero attached hydrogens (tertiary/aromatic N) is 2. The number of benzene rings is 1. The third-order valence-electron chi connectivity index (χ3n) is 2.54. The van der Waals surface area contributed by atoms with Gasteiger partial charge in [0.05, 0.1) is 23.3 Å². The van der Waals surface area contributed by atoms with Crippen LogP contribution in [-0.4, -0.2) is 22.9 Å². The summed E-state index contributed by atoms with van der Waals surface area (Å²) in [5.41, 5.74) is 8.19. The fourth-order valence-electron chi connectivity index (χ4n) is 1.63. The molecule has 1 aromatic heterocycles. The Morgan fingerprint density at radius 1 is 1.35 bits per heavy atom. The largest absolute Gasteiger partial charge is 0.381 e. The number of hydrogen-bond acceptors (Lipinski definition) is 3. The van der Waals surface area contributed by atoms with Crippen molar-refractivity contribution < 1.29 is 4.39 Å². The van der Waals surface area contributed by atoms with Gasteiger partial charge < -0.3 is 11.1 Å². The summed E-state index contributed by atoms with van der Waals surface area (Å²) in [6.45, 7) is 3.23. The van der Waals surface area contributed by atoms with Gasteiger partial charge in [0.1, 0.15) is 5.82 Å². The van der Waals surface area contributed by atoms with Crippen molar-refractivity contribution in [3.63, 3.8) is 0 Å². The van der Waals surface area contributed by atoms with Crippen molar-refractivity contribution >= 4 is 5.69 Å². The lowest BCUT2D eigenvalue weighted by molar-refractivity contribution is 0.627. The number of aromatic nitrogens is 2. The van der Waals surface area contributed by atoms with Gasteiger partial charge in [-0.2, -0.15) is 5.10 Å². The molecule has 0 aliphatic heterocycles. The van der Waals surface area contributed by atoms with E-state index < -0.39 is 0 Å². The molecule has 0 bridgehead atoms. The van der Waals surface area contributed by atoms with Gasteiger partial charge in [0.2, 0.25) is 0 Å². The minimum Gasteiger partial charge on any atom is -0.381 e. The number of nitrogens with one attached hydrogen (secondary N) is 1. The molecule has 5 heteroatoms. The second-order valence-corrected chi connectivity index (χ2v) is 3.75. The first-order chi connectivity index (χ1) is 8.22. The van der Waals surface area contributed by atoms with Gasteiger partial charge in [0.15, 0.2) is 0 Å². The van der Waals surface area contributed by atoms with E-state index in [0.717, 1.165) is 17.1 Å². The van der Waals surface area contributed by atoms with Crippen LogP contribution in [0, 0.1) is 12.7 Å². The quantitative estimate of drug-likeness (QED) is 0.846. The van der Waals surface area contributed by atoms with Crippen molar-refractivity contribution in [3.05, 3.63) is 42.0 Å². The van der Waals surface area contributed by atoms with Crippen LogP contribution >= 0.6 is 0 Å². The summed E-state index contributed by atoms with van der Waals surface area (Å²) in [7, 11) is 0. The lowest BCUT2D eigenvalue weighted by Crippen LogP contribution is -2.13. The topological polar surface area (TPSA) is 55.9 Å². The summed E-state index contributed by atoms with van der Waals surface area (Å²) in [6, 6.07) is 6.23. The van der Waals surface area contributed by atoms with Crippen molar-refractivity contribution in [3.8, 4) is 5.69 Å². The van der Waals surface area contributed by atoms with E-state index in [9.17, 15) is 4.39 Å². The zero-order valence-electron chi connectivity index (χ0n) is 9.65. The highest BCUT2D eigenvalue weighted by Crippen LogP contribution is 2.18. The van der Waals surface area contributed by atoms with E-state index in [0.29, 0.717) is 13.1 Å². The summed E-state index contributed by atoms with van der Waals surface area (Å²) in [5, 5.41) is 7.44. The molecule has 0 aliphatic rings. The Bertz CT molecular complexity index is 490. The first-order valence-corrected chi connectivity index (χ1v) is 5.47. The van der Waals surface area contributed by atoms with Crippen LogP contribution in [0.4, 0.5) is 10.1 Å². The van der Waals surface area contributed by atoms with E-state index in [1.165, 1.54) is 12.1 Å². The molecule has 4 nitrogen and oxygen atoms in total. The maximum atomic E-state index is 12.8. The van der Waals surface area contributed by atoms with Crippen LogP contribution in [0.25, 0.3) is 5.69 Å². The second kappa shape index (κ2) is 4.97. The number of nitrogens with two attached hydrogens (primary N) is 1. The summed E-state index contributed by atoms with van der Waals surface area (Å²) < 4.78 is 14.6. The summed E-state index contributed by atoms with van der Waals surface area (Å²) in [5.74, 6) is -0.250. The zero-order chi connectivity index (χ0) is 12.3. The van der Waals surface area contributed by atoms with Gasteiger partial charge in [-0.15, -0.1) is 0 Å². The average molecular weight is 234 g/mol. The molecule has 0 radical (unpaired) electrons. The third kappa shape index (κ3) is 2.45. The molecule has 0 fully saturated rings. The molecule has 2 aromatic rings. The zero-order valence-corrected chi connectivity index (χ0v) is 9.65. The minimum absolute atomic E-state index is 0.250. The van der Waals surface area contributed by atoms with Crippen LogP contribution < -0.4 is 11.1 Å². The Hall–Kier alpha value is -1.88. The van der Waals surface area contributed by atoms with E-state index >= 15 is 0 Å². The standard InChI is InChI=1S/C12H15FN4/c1-9-12(15-7-6-14)8-16-17(9)11-4-2-10(13)3-5-11/h2-5,8,15H,6-7,14H2,1H3. The molecule has 3 N–H and O–H groups in total. The smallest absolute Gasteiger partial charge is 0.123 e. The highest BCUT2D eigenvalue weighted by Gasteiger charge is 2.07. The van der Waals surface area contributed by atoms with Crippen molar-refractivity contribution in [2.45, 2.75) is 6.92 Å². The Labute approximate surface area is 99.2 Å². The fraction of sp³-hybridized carbons (Fsp3) is 0.250. The maximum Gasteiger partial charge on any atom is 0.123 e. The molecule has 0 saturated carbocycles. The Morgan fingerprint density at radius 3 is 2.71 bits per heavy atom. The van der Waals surface area contributed by atoms with E-state index in [1.807, 2.05) is 6.92 Å². The van der Waals surface area contributed by atoms with E-state index in [2.05, 4.69) is 10.4 Å². The van der Waals surface area contributed by atoms with Gasteiger partial charge in [-0.25, -0.2) is 9.07 Å². The van der Waals surface area contributed by atoms with Crippen LogP contribution in [0.3, 0.4) is 0 Å². The SMILES string of the molecule is Cc1c(NCCN)cnn1-c1ccc(F)cc1. The molecule has 0 unspecified atom stereocenters. The second-order valence-electron chi connectivity index (χ2n) is 3.75. The van der Waals surface area contributed by atoms with Crippen molar-refractivity contribution in [2.75, 3.05) is 18.4 Å². The molecule has 0 amide bonds. The normalized spacial score (nSPS) is 10.5. The Balaban J connectivity index is 2.27. The molecule has 0 aliphatic carbocycles. The molecule has 0 atom stereocenters. The van der Waals surface area contributed by atoms with Gasteiger partial charge in [-0.1, -0.05) is 0 Å². The van der Waals surface area contributed by atoms with Crippen LogP contribution in [0.5, 0.6) is 0 Å². The van der Waals surface area contributed by atoms with Gasteiger partial charge >= 0.3 is 0 Å². The molecule has 0 saturated heterocycles. The predicted molar refractivity (Wildman–Crippen MR) is 65.8 cm³/mol. The minimum atomic E-state index is -0.250. The van der Waals surface area contributed by atoms with Gasteiger partial charge in [0.25, 0.3) is 0 Å². The summed E-state index contributed by atoms with van der Waals surface area (Å²) in [6.07, 6.45) is 1.74. The van der Waals surface area contributed by atoms with Gasteiger partial charge in [-0.3, -0.25) is 0 Å². The summed E-state index contributed by atoms with van der Waals surface area (Å²) in [4.78, 5) is 0. The van der Waals surface area contributed by atoms with E-state index in [1.54, 1.807) is 23.0 Å². The fourth-order valence-corrected chi connectivity index (χ4v) is 1.63. The molecule has 2 rings (SSSR count). The predicted octanol–water partition coefficient (Wildman–Crippen LogP) is 1.69. The highest BCUT2D eigenvalue weighted by molar-refractivity contribution is 5.49. The Morgan fingerprint density at radius 2 is 2.06 bits per heavy atom. The first kappa shape index (κ1) is 11.6. The number of rotatable bonds is 4. The lowest BCUT2D eigenvalue weighted by Gasteiger charge is -2.06. The number of hydrogen-bond donors (Lipinski definition) is 2. The van der Waals surface area contributed by atoms with Gasteiger partial charge in [-0.05, 0) is 31.2 Å². The molecule has 1 heterocycles. The van der Waals surface area contributed by atoms with Crippen molar-refractivity contribution in [2.24, 2.45) is 5.73 Å². The third-order valence-corrected chi connectivity index (χ3v) is 2.54. The average Bonchev–Trinajstić information content (AvgIpc) is 2.69. The first-order valence-electron chi connectivity index (χ1n) is 5.47. The summed E-state index contributed by atoms with van der Waals surface area (Å²) >= 11 is 0. The highest BCUT2D eigenvalue weighted by atomic mass is 19.1. The maximum absolute atomic E-state index is 12.8. The number of halogens is 1. The monoisotopic (exact) mass is 234 g/mol. The van der Waals surface area contributed by atoms with Crippen LogP contribution in [-0.2, 0) is 0 Å². The lowest BCUT2D eigenvalue weighted by atomic mass is 10.3. The molecular weight excluding hydrogens is 219 g/mol. The van der Waals surface area contributed by atoms with Crippen LogP contribution in [0.2, 0.25) is 0 Å². The van der Waals surface area contributed by atoms with Crippen LogP contribution in [0.1, 0.15) is 5.69 Å². The van der Waals surface area contributed by atoms with Crippen molar-refractivity contribution in [1.82, 2.24) is 9.78 Å².